The number of benzene rings is 2. The molecule has 2 rings (SSSR count). The van der Waals surface area contributed by atoms with Gasteiger partial charge in [0, 0.05) is 36.6 Å². The first-order chi connectivity index (χ1) is 11.2. The fourth-order valence-corrected chi connectivity index (χ4v) is 3.25. The van der Waals surface area contributed by atoms with E-state index >= 15 is 0 Å². The van der Waals surface area contributed by atoms with Crippen molar-refractivity contribution in [2.45, 2.75) is 11.3 Å². The average molecular weight is 369 g/mol. The first kappa shape index (κ1) is 18.2. The Labute approximate surface area is 145 Å². The molecular weight excluding hydrogens is 352 g/mol. The summed E-state index contributed by atoms with van der Waals surface area (Å²) in [7, 11) is -1.88. The SMILES string of the molecule is CN(CCc1ccc(Cl)cc1)c1ccc([N+](=O)[O-])c(S(C)(=O)=O)c1. The van der Waals surface area contributed by atoms with E-state index < -0.39 is 20.4 Å². The van der Waals surface area contributed by atoms with Crippen LogP contribution in [-0.2, 0) is 16.3 Å². The highest BCUT2D eigenvalue weighted by Crippen LogP contribution is 2.28. The first-order valence-corrected chi connectivity index (χ1v) is 9.39. The van der Waals surface area contributed by atoms with Crippen LogP contribution in [0.5, 0.6) is 0 Å². The molecule has 2 aromatic rings. The van der Waals surface area contributed by atoms with Crippen molar-refractivity contribution < 1.29 is 13.3 Å². The van der Waals surface area contributed by atoms with E-state index in [9.17, 15) is 18.5 Å². The standard InChI is InChI=1S/C16H17ClN2O4S/c1-18(10-9-12-3-5-13(17)6-4-12)14-7-8-15(19(20)21)16(11-14)24(2,22)23/h3-8,11H,9-10H2,1-2H3. The third-order valence-electron chi connectivity index (χ3n) is 3.63. The molecule has 0 N–H and O–H groups in total. The summed E-state index contributed by atoms with van der Waals surface area (Å²) in [6, 6.07) is 11.6. The van der Waals surface area contributed by atoms with Crippen LogP contribution in [0.3, 0.4) is 0 Å². The van der Waals surface area contributed by atoms with Gasteiger partial charge in [0.05, 0.1) is 4.92 Å². The van der Waals surface area contributed by atoms with Crippen molar-refractivity contribution in [3.8, 4) is 0 Å². The van der Waals surface area contributed by atoms with Crippen LogP contribution >= 0.6 is 11.6 Å². The van der Waals surface area contributed by atoms with Gasteiger partial charge in [-0.25, -0.2) is 8.42 Å². The molecule has 24 heavy (non-hydrogen) atoms. The van der Waals surface area contributed by atoms with Crippen molar-refractivity contribution in [1.82, 2.24) is 0 Å². The third-order valence-corrected chi connectivity index (χ3v) is 5.01. The Hall–Kier alpha value is -2.12. The lowest BCUT2D eigenvalue weighted by molar-refractivity contribution is -0.387. The van der Waals surface area contributed by atoms with Gasteiger partial charge < -0.3 is 4.90 Å². The van der Waals surface area contributed by atoms with Gasteiger partial charge in [-0.1, -0.05) is 23.7 Å². The molecule has 0 aliphatic rings. The Bertz CT molecular complexity index is 851. The smallest absolute Gasteiger partial charge is 0.288 e. The fourth-order valence-electron chi connectivity index (χ4n) is 2.27. The molecule has 8 heteroatoms. The number of rotatable bonds is 6. The number of likely N-dealkylation sites (N-methyl/N-ethyl adjacent to an activating group) is 1. The van der Waals surface area contributed by atoms with Gasteiger partial charge in [0.1, 0.15) is 4.90 Å². The minimum absolute atomic E-state index is 0.275. The van der Waals surface area contributed by atoms with E-state index in [2.05, 4.69) is 0 Å². The van der Waals surface area contributed by atoms with E-state index in [1.54, 1.807) is 6.07 Å². The lowest BCUT2D eigenvalue weighted by Crippen LogP contribution is -2.20. The van der Waals surface area contributed by atoms with E-state index in [4.69, 9.17) is 11.6 Å². The Balaban J connectivity index is 2.21. The maximum atomic E-state index is 11.8. The van der Waals surface area contributed by atoms with Crippen LogP contribution in [0, 0.1) is 10.1 Å². The molecule has 128 valence electrons. The summed E-state index contributed by atoms with van der Waals surface area (Å²) >= 11 is 5.85. The van der Waals surface area contributed by atoms with Crippen LogP contribution < -0.4 is 4.90 Å². The van der Waals surface area contributed by atoms with Gasteiger partial charge in [0.25, 0.3) is 5.69 Å². The molecule has 0 atom stereocenters. The number of anilines is 1. The van der Waals surface area contributed by atoms with Crippen LogP contribution in [0.4, 0.5) is 11.4 Å². The lowest BCUT2D eigenvalue weighted by Gasteiger charge is -2.20. The monoisotopic (exact) mass is 368 g/mol. The summed E-state index contributed by atoms with van der Waals surface area (Å²) in [5.74, 6) is 0. The Kier molecular flexibility index (Phi) is 5.46. The molecular formula is C16H17ClN2O4S. The summed E-state index contributed by atoms with van der Waals surface area (Å²) in [5, 5.41) is 11.7. The number of halogens is 1. The summed E-state index contributed by atoms with van der Waals surface area (Å²) in [6.07, 6.45) is 1.70. The molecule has 0 aliphatic heterocycles. The Morgan fingerprint density at radius 1 is 1.17 bits per heavy atom. The number of sulfone groups is 1. The molecule has 0 aliphatic carbocycles. The zero-order valence-electron chi connectivity index (χ0n) is 13.3. The molecule has 0 heterocycles. The molecule has 0 bridgehead atoms. The van der Waals surface area contributed by atoms with Gasteiger partial charge >= 0.3 is 0 Å². The molecule has 0 spiro atoms. The second kappa shape index (κ2) is 7.19. The normalized spacial score (nSPS) is 11.3. The van der Waals surface area contributed by atoms with Crippen LogP contribution in [0.25, 0.3) is 0 Å². The van der Waals surface area contributed by atoms with Crippen LogP contribution in [0.15, 0.2) is 47.4 Å². The molecule has 0 amide bonds. The topological polar surface area (TPSA) is 80.5 Å². The summed E-state index contributed by atoms with van der Waals surface area (Å²) in [4.78, 5) is 11.9. The zero-order valence-corrected chi connectivity index (χ0v) is 14.8. The number of nitro benzene ring substituents is 1. The average Bonchev–Trinajstić information content (AvgIpc) is 2.52. The minimum Gasteiger partial charge on any atom is -0.374 e. The molecule has 0 aromatic heterocycles. The van der Waals surface area contributed by atoms with Gasteiger partial charge in [-0.2, -0.15) is 0 Å². The van der Waals surface area contributed by atoms with Crippen molar-refractivity contribution in [2.75, 3.05) is 24.7 Å². The van der Waals surface area contributed by atoms with Crippen molar-refractivity contribution in [1.29, 1.82) is 0 Å². The number of nitro groups is 1. The van der Waals surface area contributed by atoms with Gasteiger partial charge in [-0.3, -0.25) is 10.1 Å². The summed E-state index contributed by atoms with van der Waals surface area (Å²) in [5.41, 5.74) is 1.29. The van der Waals surface area contributed by atoms with E-state index in [0.717, 1.165) is 18.2 Å². The molecule has 0 unspecified atom stereocenters. The summed E-state index contributed by atoms with van der Waals surface area (Å²) in [6.45, 7) is 0.628. The first-order valence-electron chi connectivity index (χ1n) is 7.12. The predicted molar refractivity (Wildman–Crippen MR) is 94.6 cm³/mol. The second-order valence-electron chi connectivity index (χ2n) is 5.48. The van der Waals surface area contributed by atoms with Crippen LogP contribution in [-0.4, -0.2) is 33.2 Å². The Morgan fingerprint density at radius 3 is 2.33 bits per heavy atom. The predicted octanol–water partition coefficient (Wildman–Crippen LogP) is 3.33. The van der Waals surface area contributed by atoms with E-state index in [1.165, 1.54) is 12.1 Å². The molecule has 6 nitrogen and oxygen atoms in total. The molecule has 0 saturated heterocycles. The third kappa shape index (κ3) is 4.46. The number of nitrogens with zero attached hydrogens (tertiary/aromatic N) is 2. The van der Waals surface area contributed by atoms with Gasteiger partial charge in [-0.05, 0) is 36.2 Å². The number of hydrogen-bond acceptors (Lipinski definition) is 5. The highest BCUT2D eigenvalue weighted by Gasteiger charge is 2.23. The maximum Gasteiger partial charge on any atom is 0.288 e. The quantitative estimate of drug-likeness (QED) is 0.577. The molecule has 0 fully saturated rings. The lowest BCUT2D eigenvalue weighted by atomic mass is 10.1. The molecule has 0 saturated carbocycles. The molecule has 2 aromatic carbocycles. The fraction of sp³-hybridized carbons (Fsp3) is 0.250. The van der Waals surface area contributed by atoms with Crippen LogP contribution in [0.1, 0.15) is 5.56 Å². The van der Waals surface area contributed by atoms with Gasteiger partial charge in [0.15, 0.2) is 9.84 Å². The van der Waals surface area contributed by atoms with E-state index in [-0.39, 0.29) is 4.90 Å². The zero-order chi connectivity index (χ0) is 17.9. The van der Waals surface area contributed by atoms with Gasteiger partial charge in [0.2, 0.25) is 0 Å². The van der Waals surface area contributed by atoms with Crippen molar-refractivity contribution in [3.05, 3.63) is 63.2 Å². The Morgan fingerprint density at radius 2 is 1.79 bits per heavy atom. The highest BCUT2D eigenvalue weighted by molar-refractivity contribution is 7.90. The van der Waals surface area contributed by atoms with Crippen molar-refractivity contribution >= 4 is 32.8 Å². The van der Waals surface area contributed by atoms with Crippen LogP contribution in [0.2, 0.25) is 5.02 Å². The minimum atomic E-state index is -3.69. The van der Waals surface area contributed by atoms with Crippen molar-refractivity contribution in [3.63, 3.8) is 0 Å². The summed E-state index contributed by atoms with van der Waals surface area (Å²) < 4.78 is 23.6. The van der Waals surface area contributed by atoms with Crippen molar-refractivity contribution in [2.24, 2.45) is 0 Å². The number of hydrogen-bond donors (Lipinski definition) is 0. The largest absolute Gasteiger partial charge is 0.374 e. The highest BCUT2D eigenvalue weighted by atomic mass is 35.5. The van der Waals surface area contributed by atoms with Gasteiger partial charge in [-0.15, -0.1) is 0 Å². The van der Waals surface area contributed by atoms with E-state index in [1.807, 2.05) is 36.2 Å². The second-order valence-corrected chi connectivity index (χ2v) is 7.90. The molecule has 0 radical (unpaired) electrons. The maximum absolute atomic E-state index is 11.8. The van der Waals surface area contributed by atoms with E-state index in [0.29, 0.717) is 17.3 Å².